The molecule has 3 N–H and O–H groups in total. The number of anilines is 1. The van der Waals surface area contributed by atoms with Crippen molar-refractivity contribution in [3.8, 4) is 11.5 Å². The summed E-state index contributed by atoms with van der Waals surface area (Å²) in [6.07, 6.45) is -7.42. The molecule has 0 aliphatic rings. The first-order valence-electron chi connectivity index (χ1n) is 6.98. The lowest BCUT2D eigenvalue weighted by molar-refractivity contribution is -0.201. The highest BCUT2D eigenvalue weighted by molar-refractivity contribution is 5.90. The minimum Gasteiger partial charge on any atom is -0.455 e. The van der Waals surface area contributed by atoms with Crippen LogP contribution in [0.4, 0.5) is 23.7 Å². The number of rotatable bonds is 5. The number of nitrogens with one attached hydrogen (secondary N) is 2. The van der Waals surface area contributed by atoms with Crippen LogP contribution in [-0.4, -0.2) is 30.0 Å². The van der Waals surface area contributed by atoms with Gasteiger partial charge in [0.2, 0.25) is 0 Å². The van der Waals surface area contributed by atoms with Crippen LogP contribution in [0.2, 0.25) is 0 Å². The highest BCUT2D eigenvalue weighted by atomic mass is 19.4. The average Bonchev–Trinajstić information content (AvgIpc) is 2.54. The van der Waals surface area contributed by atoms with Crippen molar-refractivity contribution in [2.45, 2.75) is 12.3 Å². The van der Waals surface area contributed by atoms with Gasteiger partial charge in [-0.25, -0.2) is 4.79 Å². The maximum Gasteiger partial charge on any atom is 0.416 e. The molecule has 0 aromatic heterocycles. The normalized spacial score (nSPS) is 12.3. The van der Waals surface area contributed by atoms with E-state index in [0.717, 1.165) is 0 Å². The molecule has 5 nitrogen and oxygen atoms in total. The molecule has 0 heterocycles. The van der Waals surface area contributed by atoms with Gasteiger partial charge in [-0.15, -0.1) is 0 Å². The third-order valence-electron chi connectivity index (χ3n) is 2.94. The van der Waals surface area contributed by atoms with Gasteiger partial charge in [0.25, 0.3) is 0 Å². The second-order valence-corrected chi connectivity index (χ2v) is 4.80. The third kappa shape index (κ3) is 5.17. The fourth-order valence-electron chi connectivity index (χ4n) is 1.75. The summed E-state index contributed by atoms with van der Waals surface area (Å²) in [4.78, 5) is 11.7. The van der Waals surface area contributed by atoms with Crippen LogP contribution in [0.1, 0.15) is 0 Å². The van der Waals surface area contributed by atoms with Crippen molar-refractivity contribution < 1.29 is 27.8 Å². The minimum atomic E-state index is -4.79. The van der Waals surface area contributed by atoms with E-state index in [1.165, 1.54) is 6.07 Å². The molecule has 0 saturated heterocycles. The molecule has 128 valence electrons. The van der Waals surface area contributed by atoms with Crippen LogP contribution in [0.5, 0.6) is 11.5 Å². The third-order valence-corrected chi connectivity index (χ3v) is 2.94. The number of benzene rings is 2. The van der Waals surface area contributed by atoms with Gasteiger partial charge in [-0.1, -0.05) is 30.3 Å². The number of hydrogen-bond donors (Lipinski definition) is 3. The van der Waals surface area contributed by atoms with E-state index in [1.807, 2.05) is 11.4 Å². The zero-order chi connectivity index (χ0) is 17.6. The van der Waals surface area contributed by atoms with Crippen LogP contribution in [0.15, 0.2) is 54.6 Å². The number of alkyl halides is 3. The summed E-state index contributed by atoms with van der Waals surface area (Å²) in [7, 11) is 0. The largest absolute Gasteiger partial charge is 0.455 e. The Balaban J connectivity index is 1.98. The Morgan fingerprint density at radius 3 is 2.38 bits per heavy atom. The number of carbonyl (C=O) groups is 1. The molecule has 0 aliphatic heterocycles. The summed E-state index contributed by atoms with van der Waals surface area (Å²) in [6.45, 7) is -0.947. The standard InChI is InChI=1S/C16H15F3N2O3/c17-16(18,19)14(22)10-20-15(23)21-12-8-4-5-9-13(12)24-11-6-2-1-3-7-11/h1-9,14,22H,10H2,(H2,20,21,23)/t14-/m1/s1. The first-order chi connectivity index (χ1) is 11.4. The average molecular weight is 340 g/mol. The molecule has 0 spiro atoms. The fraction of sp³-hybridized carbons (Fsp3) is 0.188. The van der Waals surface area contributed by atoms with Crippen LogP contribution in [0.3, 0.4) is 0 Å². The summed E-state index contributed by atoms with van der Waals surface area (Å²) < 4.78 is 42.2. The van der Waals surface area contributed by atoms with Crippen molar-refractivity contribution in [1.29, 1.82) is 0 Å². The van der Waals surface area contributed by atoms with Crippen LogP contribution in [0, 0.1) is 0 Å². The number of halogens is 3. The highest BCUT2D eigenvalue weighted by Gasteiger charge is 2.38. The van der Waals surface area contributed by atoms with Gasteiger partial charge < -0.3 is 20.5 Å². The number of carbonyl (C=O) groups excluding carboxylic acids is 1. The zero-order valence-corrected chi connectivity index (χ0v) is 12.4. The number of para-hydroxylation sites is 3. The minimum absolute atomic E-state index is 0.278. The van der Waals surface area contributed by atoms with Gasteiger partial charge in [0.05, 0.1) is 12.2 Å². The van der Waals surface area contributed by atoms with E-state index in [1.54, 1.807) is 42.5 Å². The topological polar surface area (TPSA) is 70.6 Å². The maximum atomic E-state index is 12.2. The van der Waals surface area contributed by atoms with Crippen LogP contribution < -0.4 is 15.4 Å². The zero-order valence-electron chi connectivity index (χ0n) is 12.4. The molecule has 8 heteroatoms. The van der Waals surface area contributed by atoms with E-state index in [9.17, 15) is 18.0 Å². The molecule has 0 unspecified atom stereocenters. The van der Waals surface area contributed by atoms with E-state index in [2.05, 4.69) is 5.32 Å². The first-order valence-corrected chi connectivity index (χ1v) is 6.98. The summed E-state index contributed by atoms with van der Waals surface area (Å²) in [6, 6.07) is 14.4. The van der Waals surface area contributed by atoms with Gasteiger partial charge in [0.1, 0.15) is 5.75 Å². The van der Waals surface area contributed by atoms with Gasteiger partial charge in [0.15, 0.2) is 11.9 Å². The SMILES string of the molecule is O=C(NC[C@@H](O)C(F)(F)F)Nc1ccccc1Oc1ccccc1. The van der Waals surface area contributed by atoms with Gasteiger partial charge in [-0.2, -0.15) is 13.2 Å². The number of aliphatic hydroxyl groups is 1. The van der Waals surface area contributed by atoms with Crippen molar-refractivity contribution in [2.24, 2.45) is 0 Å². The van der Waals surface area contributed by atoms with Crippen LogP contribution in [-0.2, 0) is 0 Å². The fourth-order valence-corrected chi connectivity index (χ4v) is 1.75. The summed E-state index contributed by atoms with van der Waals surface area (Å²) >= 11 is 0. The Bertz CT molecular complexity index is 678. The number of aliphatic hydroxyl groups excluding tert-OH is 1. The lowest BCUT2D eigenvalue weighted by Crippen LogP contribution is -2.42. The van der Waals surface area contributed by atoms with Crippen molar-refractivity contribution in [3.63, 3.8) is 0 Å². The Morgan fingerprint density at radius 2 is 1.71 bits per heavy atom. The Morgan fingerprint density at radius 1 is 1.08 bits per heavy atom. The smallest absolute Gasteiger partial charge is 0.416 e. The molecular formula is C16H15F3N2O3. The molecule has 2 rings (SSSR count). The molecule has 2 amide bonds. The van der Waals surface area contributed by atoms with Gasteiger partial charge >= 0.3 is 12.2 Å². The quantitative estimate of drug-likeness (QED) is 0.780. The Hall–Kier alpha value is -2.74. The molecule has 0 radical (unpaired) electrons. The molecule has 0 saturated carbocycles. The Kier molecular flexibility index (Phi) is 5.64. The maximum absolute atomic E-state index is 12.2. The molecular weight excluding hydrogens is 325 g/mol. The molecule has 2 aromatic rings. The summed E-state index contributed by atoms with van der Waals surface area (Å²) in [5.74, 6) is 0.870. The monoisotopic (exact) mass is 340 g/mol. The van der Waals surface area contributed by atoms with Crippen molar-refractivity contribution in [1.82, 2.24) is 5.32 Å². The lowest BCUT2D eigenvalue weighted by atomic mass is 10.3. The number of hydrogen-bond acceptors (Lipinski definition) is 3. The van der Waals surface area contributed by atoms with Crippen molar-refractivity contribution in [3.05, 3.63) is 54.6 Å². The molecule has 0 bridgehead atoms. The second kappa shape index (κ2) is 7.69. The van der Waals surface area contributed by atoms with Gasteiger partial charge in [-0.05, 0) is 24.3 Å². The predicted octanol–water partition coefficient (Wildman–Crippen LogP) is 3.52. The second-order valence-electron chi connectivity index (χ2n) is 4.80. The first kappa shape index (κ1) is 17.6. The van der Waals surface area contributed by atoms with Crippen LogP contribution >= 0.6 is 0 Å². The Labute approximate surface area is 136 Å². The van der Waals surface area contributed by atoms with Gasteiger partial charge in [-0.3, -0.25) is 0 Å². The van der Waals surface area contributed by atoms with E-state index in [4.69, 9.17) is 9.84 Å². The van der Waals surface area contributed by atoms with Crippen LogP contribution in [0.25, 0.3) is 0 Å². The molecule has 0 fully saturated rings. The molecule has 24 heavy (non-hydrogen) atoms. The van der Waals surface area contributed by atoms with E-state index in [-0.39, 0.29) is 5.69 Å². The van der Waals surface area contributed by atoms with E-state index >= 15 is 0 Å². The lowest BCUT2D eigenvalue weighted by Gasteiger charge is -2.16. The number of amides is 2. The van der Waals surface area contributed by atoms with Crippen molar-refractivity contribution >= 4 is 11.7 Å². The molecule has 0 aliphatic carbocycles. The summed E-state index contributed by atoms with van der Waals surface area (Å²) in [5, 5.41) is 13.2. The van der Waals surface area contributed by atoms with E-state index < -0.39 is 24.9 Å². The van der Waals surface area contributed by atoms with E-state index in [0.29, 0.717) is 11.5 Å². The molecule has 2 aromatic carbocycles. The highest BCUT2D eigenvalue weighted by Crippen LogP contribution is 2.29. The van der Waals surface area contributed by atoms with Crippen molar-refractivity contribution in [2.75, 3.05) is 11.9 Å². The molecule has 1 atom stereocenters. The number of ether oxygens (including phenoxy) is 1. The summed E-state index contributed by atoms with van der Waals surface area (Å²) in [5.41, 5.74) is 0.278. The number of urea groups is 1. The predicted molar refractivity (Wildman–Crippen MR) is 82.0 cm³/mol. The van der Waals surface area contributed by atoms with Gasteiger partial charge in [0, 0.05) is 0 Å².